The molecule has 0 aliphatic rings. The van der Waals surface area contributed by atoms with Gasteiger partial charge in [0, 0.05) is 18.3 Å². The molecular formula is C12H6F3N3O5. The van der Waals surface area contributed by atoms with Crippen LogP contribution in [0.2, 0.25) is 0 Å². The molecule has 0 unspecified atom stereocenters. The van der Waals surface area contributed by atoms with Crippen LogP contribution in [-0.4, -0.2) is 14.8 Å². The highest BCUT2D eigenvalue weighted by atomic mass is 19.4. The van der Waals surface area contributed by atoms with Gasteiger partial charge in [0.05, 0.1) is 21.5 Å². The van der Waals surface area contributed by atoms with Gasteiger partial charge in [-0.05, 0) is 12.1 Å². The van der Waals surface area contributed by atoms with Crippen molar-refractivity contribution in [3.05, 3.63) is 62.3 Å². The van der Waals surface area contributed by atoms with E-state index in [9.17, 15) is 33.4 Å². The van der Waals surface area contributed by atoms with Gasteiger partial charge in [0.25, 0.3) is 0 Å². The molecule has 8 nitrogen and oxygen atoms in total. The van der Waals surface area contributed by atoms with Crippen molar-refractivity contribution in [2.24, 2.45) is 0 Å². The summed E-state index contributed by atoms with van der Waals surface area (Å²) in [5.74, 6) is -0.421. The van der Waals surface area contributed by atoms with Gasteiger partial charge in [-0.25, -0.2) is 4.98 Å². The van der Waals surface area contributed by atoms with E-state index in [-0.39, 0.29) is 11.6 Å². The second-order valence-electron chi connectivity index (χ2n) is 4.15. The third-order valence-corrected chi connectivity index (χ3v) is 2.63. The molecule has 0 aliphatic carbocycles. The van der Waals surface area contributed by atoms with Crippen molar-refractivity contribution in [2.75, 3.05) is 0 Å². The van der Waals surface area contributed by atoms with E-state index in [0.717, 1.165) is 30.3 Å². The Labute approximate surface area is 125 Å². The van der Waals surface area contributed by atoms with E-state index in [2.05, 4.69) is 4.98 Å². The van der Waals surface area contributed by atoms with E-state index in [4.69, 9.17) is 4.74 Å². The largest absolute Gasteiger partial charge is 0.439 e. The molecule has 0 aliphatic heterocycles. The maximum absolute atomic E-state index is 12.4. The molecule has 0 atom stereocenters. The highest BCUT2D eigenvalue weighted by Crippen LogP contribution is 2.33. The molecule has 0 amide bonds. The van der Waals surface area contributed by atoms with Crippen LogP contribution >= 0.6 is 0 Å². The van der Waals surface area contributed by atoms with Gasteiger partial charge in [0.15, 0.2) is 0 Å². The molecule has 0 bridgehead atoms. The van der Waals surface area contributed by atoms with Gasteiger partial charge in [-0.1, -0.05) is 0 Å². The Morgan fingerprint density at radius 3 is 2.13 bits per heavy atom. The molecule has 2 aromatic rings. The van der Waals surface area contributed by atoms with E-state index >= 15 is 0 Å². The quantitative estimate of drug-likeness (QED) is 0.625. The fourth-order valence-electron chi connectivity index (χ4n) is 1.60. The van der Waals surface area contributed by atoms with Crippen LogP contribution in [0, 0.1) is 20.2 Å². The molecule has 2 rings (SSSR count). The Hall–Kier alpha value is -3.24. The summed E-state index contributed by atoms with van der Waals surface area (Å²) in [6.45, 7) is 0. The Kier molecular flexibility index (Phi) is 4.12. The number of nitrogens with zero attached hydrogens (tertiary/aromatic N) is 3. The van der Waals surface area contributed by atoms with E-state index in [1.165, 1.54) is 0 Å². The summed E-state index contributed by atoms with van der Waals surface area (Å²) in [6.07, 6.45) is -4.02. The number of pyridine rings is 1. The first-order chi connectivity index (χ1) is 10.7. The topological polar surface area (TPSA) is 108 Å². The predicted octanol–water partition coefficient (Wildman–Crippen LogP) is 3.71. The first kappa shape index (κ1) is 16.1. The van der Waals surface area contributed by atoms with Crippen LogP contribution in [0.1, 0.15) is 5.56 Å². The first-order valence-corrected chi connectivity index (χ1v) is 5.82. The number of ether oxygens (including phenoxy) is 1. The van der Waals surface area contributed by atoms with Gasteiger partial charge in [-0.2, -0.15) is 13.2 Å². The average molecular weight is 329 g/mol. The average Bonchev–Trinajstić information content (AvgIpc) is 2.46. The lowest BCUT2D eigenvalue weighted by Gasteiger charge is -2.08. The van der Waals surface area contributed by atoms with Crippen molar-refractivity contribution in [1.82, 2.24) is 4.98 Å². The molecule has 1 heterocycles. The predicted molar refractivity (Wildman–Crippen MR) is 69.1 cm³/mol. The van der Waals surface area contributed by atoms with Crippen molar-refractivity contribution < 1.29 is 27.8 Å². The highest BCUT2D eigenvalue weighted by molar-refractivity contribution is 5.56. The van der Waals surface area contributed by atoms with Gasteiger partial charge in [-0.3, -0.25) is 20.2 Å². The molecule has 0 N–H and O–H groups in total. The Bertz CT molecular complexity index is 762. The number of hydrogen-bond acceptors (Lipinski definition) is 6. The van der Waals surface area contributed by atoms with E-state index < -0.39 is 33.0 Å². The minimum absolute atomic E-state index is 0.172. The number of aromatic nitrogens is 1. The van der Waals surface area contributed by atoms with Crippen molar-refractivity contribution in [2.45, 2.75) is 6.18 Å². The van der Waals surface area contributed by atoms with E-state index in [1.807, 2.05) is 0 Å². The second-order valence-corrected chi connectivity index (χ2v) is 4.15. The summed E-state index contributed by atoms with van der Waals surface area (Å²) >= 11 is 0. The third-order valence-electron chi connectivity index (χ3n) is 2.63. The molecule has 0 radical (unpaired) electrons. The number of nitro benzene ring substituents is 2. The van der Waals surface area contributed by atoms with Crippen LogP contribution in [0.4, 0.5) is 24.5 Å². The summed E-state index contributed by atoms with van der Waals surface area (Å²) in [6, 6.07) is 4.37. The zero-order valence-corrected chi connectivity index (χ0v) is 11.0. The second kappa shape index (κ2) is 5.87. The number of hydrogen-bond donors (Lipinski definition) is 0. The van der Waals surface area contributed by atoms with E-state index in [0.29, 0.717) is 6.20 Å². The van der Waals surface area contributed by atoms with Crippen LogP contribution in [0.15, 0.2) is 36.5 Å². The molecule has 0 spiro atoms. The summed E-state index contributed by atoms with van der Waals surface area (Å²) < 4.78 is 42.2. The minimum atomic E-state index is -4.56. The third kappa shape index (κ3) is 3.70. The molecule has 0 fully saturated rings. The molecule has 1 aromatic heterocycles. The number of rotatable bonds is 4. The normalized spacial score (nSPS) is 11.1. The van der Waals surface area contributed by atoms with Crippen molar-refractivity contribution in [3.8, 4) is 11.6 Å². The molecular weight excluding hydrogens is 323 g/mol. The van der Waals surface area contributed by atoms with Crippen molar-refractivity contribution in [1.29, 1.82) is 0 Å². The van der Waals surface area contributed by atoms with Gasteiger partial charge >= 0.3 is 17.6 Å². The van der Waals surface area contributed by atoms with Crippen molar-refractivity contribution in [3.63, 3.8) is 0 Å². The Balaban J connectivity index is 2.28. The van der Waals surface area contributed by atoms with Gasteiger partial charge in [0.1, 0.15) is 5.75 Å². The smallest absolute Gasteiger partial charge is 0.417 e. The van der Waals surface area contributed by atoms with Gasteiger partial charge < -0.3 is 4.74 Å². The fraction of sp³-hybridized carbons (Fsp3) is 0.0833. The fourth-order valence-corrected chi connectivity index (χ4v) is 1.60. The number of alkyl halides is 3. The SMILES string of the molecule is O=[N+]([O-])c1ccc(Oc2ccc(C(F)(F)F)cn2)cc1[N+](=O)[O-]. The van der Waals surface area contributed by atoms with Gasteiger partial charge in [0.2, 0.25) is 5.88 Å². The molecule has 0 saturated heterocycles. The highest BCUT2D eigenvalue weighted by Gasteiger charge is 2.31. The van der Waals surface area contributed by atoms with Crippen LogP contribution in [0.3, 0.4) is 0 Å². The number of nitro groups is 2. The minimum Gasteiger partial charge on any atom is -0.439 e. The molecule has 23 heavy (non-hydrogen) atoms. The molecule has 11 heteroatoms. The first-order valence-electron chi connectivity index (χ1n) is 5.82. The van der Waals surface area contributed by atoms with Crippen LogP contribution < -0.4 is 4.74 Å². The maximum Gasteiger partial charge on any atom is 0.417 e. The summed E-state index contributed by atoms with van der Waals surface area (Å²) in [7, 11) is 0. The zero-order valence-electron chi connectivity index (χ0n) is 11.0. The number of halogens is 3. The Morgan fingerprint density at radius 1 is 1.00 bits per heavy atom. The lowest BCUT2D eigenvalue weighted by molar-refractivity contribution is -0.422. The zero-order chi connectivity index (χ0) is 17.2. The van der Waals surface area contributed by atoms with Gasteiger partial charge in [-0.15, -0.1) is 0 Å². The molecule has 1 aromatic carbocycles. The van der Waals surface area contributed by atoms with Crippen LogP contribution in [0.5, 0.6) is 11.6 Å². The van der Waals surface area contributed by atoms with Crippen LogP contribution in [0.25, 0.3) is 0 Å². The molecule has 120 valence electrons. The Morgan fingerprint density at radius 2 is 1.65 bits per heavy atom. The monoisotopic (exact) mass is 329 g/mol. The standard InChI is InChI=1S/C12H6F3N3O5/c13-12(14,15)7-1-4-11(16-6-7)23-8-2-3-9(17(19)20)10(5-8)18(21)22/h1-6H. The maximum atomic E-state index is 12.4. The lowest BCUT2D eigenvalue weighted by Crippen LogP contribution is -2.05. The van der Waals surface area contributed by atoms with E-state index in [1.54, 1.807) is 0 Å². The lowest BCUT2D eigenvalue weighted by atomic mass is 10.2. The van der Waals surface area contributed by atoms with Crippen molar-refractivity contribution >= 4 is 11.4 Å². The summed E-state index contributed by atoms with van der Waals surface area (Å²) in [5.41, 5.74) is -2.53. The van der Waals surface area contributed by atoms with Crippen LogP contribution in [-0.2, 0) is 6.18 Å². The summed E-state index contributed by atoms with van der Waals surface area (Å²) in [4.78, 5) is 23.0. The summed E-state index contributed by atoms with van der Waals surface area (Å²) in [5, 5.41) is 21.5. The number of benzene rings is 1. The molecule has 0 saturated carbocycles.